The Kier molecular flexibility index (Phi) is 5.58. The van der Waals surface area contributed by atoms with E-state index in [-0.39, 0.29) is 4.90 Å². The van der Waals surface area contributed by atoms with Crippen LogP contribution in [0.2, 0.25) is 0 Å². The molecule has 1 aromatic carbocycles. The van der Waals surface area contributed by atoms with Gasteiger partial charge in [0.2, 0.25) is 10.0 Å². The first-order valence-corrected chi connectivity index (χ1v) is 10.7. The Morgan fingerprint density at radius 2 is 1.96 bits per heavy atom. The maximum Gasteiger partial charge on any atom is 0.238 e. The van der Waals surface area contributed by atoms with Gasteiger partial charge in [0, 0.05) is 18.2 Å². The molecule has 140 valence electrons. The van der Waals surface area contributed by atoms with E-state index in [1.807, 2.05) is 25.1 Å². The molecule has 3 rings (SSSR count). The van der Waals surface area contributed by atoms with Crippen molar-refractivity contribution in [3.05, 3.63) is 35.9 Å². The number of primary sulfonamides is 1. The van der Waals surface area contributed by atoms with E-state index in [0.717, 1.165) is 18.8 Å². The fraction of sp³-hybridized carbons (Fsp3) is 0.474. The van der Waals surface area contributed by atoms with Gasteiger partial charge in [-0.25, -0.2) is 13.6 Å². The summed E-state index contributed by atoms with van der Waals surface area (Å²) in [6.45, 7) is 5.11. The van der Waals surface area contributed by atoms with Crippen molar-refractivity contribution in [3.8, 4) is 11.3 Å². The van der Waals surface area contributed by atoms with Crippen LogP contribution in [0.4, 0.5) is 5.82 Å². The van der Waals surface area contributed by atoms with Crippen LogP contribution in [0.15, 0.2) is 35.2 Å². The summed E-state index contributed by atoms with van der Waals surface area (Å²) in [7, 11) is -3.77. The Balaban J connectivity index is 1.91. The number of anilines is 1. The van der Waals surface area contributed by atoms with Crippen LogP contribution in [-0.4, -0.2) is 31.2 Å². The van der Waals surface area contributed by atoms with E-state index in [1.54, 1.807) is 12.1 Å². The fourth-order valence-corrected chi connectivity index (χ4v) is 4.50. The second-order valence-electron chi connectivity index (χ2n) is 6.75. The molecule has 0 radical (unpaired) electrons. The van der Waals surface area contributed by atoms with E-state index in [4.69, 9.17) is 5.14 Å². The summed E-state index contributed by atoms with van der Waals surface area (Å²) >= 11 is 0. The van der Waals surface area contributed by atoms with E-state index in [2.05, 4.69) is 22.0 Å². The molecule has 1 aliphatic rings. The minimum Gasteiger partial charge on any atom is -0.352 e. The van der Waals surface area contributed by atoms with Gasteiger partial charge in [0.1, 0.15) is 0 Å². The standard InChI is InChI=1S/C19H26N4O2S/c1-3-14-8-9-15(13-18(14)26(20,24)25)17-10-11-19(22-21-17)23-12-6-5-7-16(23)4-2/h8-11,13,16H,3-7,12H2,1-2H3,(H2,20,24,25)/t16-/m1/s1. The molecule has 0 spiro atoms. The van der Waals surface area contributed by atoms with Gasteiger partial charge in [-0.3, -0.25) is 0 Å². The van der Waals surface area contributed by atoms with Gasteiger partial charge in [-0.2, -0.15) is 0 Å². The van der Waals surface area contributed by atoms with Crippen molar-refractivity contribution in [1.29, 1.82) is 0 Å². The molecule has 1 atom stereocenters. The molecule has 1 aromatic heterocycles. The lowest BCUT2D eigenvalue weighted by Crippen LogP contribution is -2.39. The third kappa shape index (κ3) is 3.88. The van der Waals surface area contributed by atoms with Crippen LogP contribution in [0.1, 0.15) is 45.1 Å². The average molecular weight is 375 g/mol. The van der Waals surface area contributed by atoms with Crippen molar-refractivity contribution in [2.75, 3.05) is 11.4 Å². The summed E-state index contributed by atoms with van der Waals surface area (Å²) < 4.78 is 23.7. The Morgan fingerprint density at radius 1 is 1.15 bits per heavy atom. The molecule has 0 saturated carbocycles. The van der Waals surface area contributed by atoms with Crippen molar-refractivity contribution < 1.29 is 8.42 Å². The molecule has 1 aliphatic heterocycles. The maximum absolute atomic E-state index is 11.9. The molecule has 2 heterocycles. The molecule has 26 heavy (non-hydrogen) atoms. The van der Waals surface area contributed by atoms with Gasteiger partial charge in [-0.05, 0) is 55.9 Å². The number of piperidine rings is 1. The van der Waals surface area contributed by atoms with Crippen molar-refractivity contribution in [2.45, 2.75) is 56.9 Å². The van der Waals surface area contributed by atoms with Gasteiger partial charge in [0.15, 0.2) is 5.82 Å². The molecular weight excluding hydrogens is 348 g/mol. The predicted molar refractivity (Wildman–Crippen MR) is 103 cm³/mol. The van der Waals surface area contributed by atoms with Crippen molar-refractivity contribution in [3.63, 3.8) is 0 Å². The summed E-state index contributed by atoms with van der Waals surface area (Å²) in [5, 5.41) is 14.1. The lowest BCUT2D eigenvalue weighted by molar-refractivity contribution is 0.445. The quantitative estimate of drug-likeness (QED) is 0.868. The van der Waals surface area contributed by atoms with Gasteiger partial charge >= 0.3 is 0 Å². The minimum atomic E-state index is -3.77. The molecule has 0 aliphatic carbocycles. The normalized spacial score (nSPS) is 18.1. The number of aryl methyl sites for hydroxylation is 1. The molecule has 0 amide bonds. The number of sulfonamides is 1. The summed E-state index contributed by atoms with van der Waals surface area (Å²) in [6.07, 6.45) is 5.33. The van der Waals surface area contributed by atoms with E-state index in [9.17, 15) is 8.42 Å². The highest BCUT2D eigenvalue weighted by molar-refractivity contribution is 7.89. The SMILES string of the molecule is CCc1ccc(-c2ccc(N3CCCC[C@H]3CC)nn2)cc1S(N)(=O)=O. The number of hydrogen-bond donors (Lipinski definition) is 1. The molecule has 7 heteroatoms. The number of aromatic nitrogens is 2. The first-order valence-electron chi connectivity index (χ1n) is 9.20. The van der Waals surface area contributed by atoms with Gasteiger partial charge in [-0.15, -0.1) is 10.2 Å². The van der Waals surface area contributed by atoms with Crippen LogP contribution >= 0.6 is 0 Å². The van der Waals surface area contributed by atoms with Crippen LogP contribution in [-0.2, 0) is 16.4 Å². The Morgan fingerprint density at radius 3 is 2.58 bits per heavy atom. The van der Waals surface area contributed by atoms with Gasteiger partial charge in [0.25, 0.3) is 0 Å². The number of hydrogen-bond acceptors (Lipinski definition) is 5. The second-order valence-corrected chi connectivity index (χ2v) is 8.28. The smallest absolute Gasteiger partial charge is 0.238 e. The first-order chi connectivity index (χ1) is 12.4. The van der Waals surface area contributed by atoms with E-state index in [1.165, 1.54) is 19.3 Å². The summed E-state index contributed by atoms with van der Waals surface area (Å²) in [4.78, 5) is 2.49. The lowest BCUT2D eigenvalue weighted by atomic mass is 10.00. The zero-order valence-corrected chi connectivity index (χ0v) is 16.2. The topological polar surface area (TPSA) is 89.2 Å². The van der Waals surface area contributed by atoms with E-state index < -0.39 is 10.0 Å². The van der Waals surface area contributed by atoms with Crippen LogP contribution in [0, 0.1) is 0 Å². The summed E-state index contributed by atoms with van der Waals surface area (Å²) in [5.74, 6) is 0.886. The number of benzene rings is 1. The minimum absolute atomic E-state index is 0.158. The Hall–Kier alpha value is -1.99. The fourth-order valence-electron chi connectivity index (χ4n) is 3.63. The monoisotopic (exact) mass is 374 g/mol. The number of nitrogens with two attached hydrogens (primary N) is 1. The highest BCUT2D eigenvalue weighted by atomic mass is 32.2. The second kappa shape index (κ2) is 7.72. The van der Waals surface area contributed by atoms with Crippen LogP contribution in [0.5, 0.6) is 0 Å². The van der Waals surface area contributed by atoms with E-state index >= 15 is 0 Å². The molecule has 1 saturated heterocycles. The highest BCUT2D eigenvalue weighted by Gasteiger charge is 2.22. The average Bonchev–Trinajstić information content (AvgIpc) is 2.67. The molecular formula is C19H26N4O2S. The van der Waals surface area contributed by atoms with E-state index in [0.29, 0.717) is 29.3 Å². The lowest BCUT2D eigenvalue weighted by Gasteiger charge is -2.35. The van der Waals surface area contributed by atoms with Gasteiger partial charge < -0.3 is 4.90 Å². The Bertz CT molecular complexity index is 866. The third-order valence-electron chi connectivity index (χ3n) is 5.09. The predicted octanol–water partition coefficient (Wildman–Crippen LogP) is 3.12. The van der Waals surface area contributed by atoms with Gasteiger partial charge in [-0.1, -0.05) is 26.0 Å². The zero-order chi connectivity index (χ0) is 18.7. The van der Waals surface area contributed by atoms with Crippen molar-refractivity contribution in [1.82, 2.24) is 10.2 Å². The zero-order valence-electron chi connectivity index (χ0n) is 15.4. The van der Waals surface area contributed by atoms with Crippen molar-refractivity contribution in [2.24, 2.45) is 5.14 Å². The highest BCUT2D eigenvalue weighted by Crippen LogP contribution is 2.27. The van der Waals surface area contributed by atoms with Crippen LogP contribution in [0.3, 0.4) is 0 Å². The molecule has 2 N–H and O–H groups in total. The molecule has 2 aromatic rings. The maximum atomic E-state index is 11.9. The Labute approximate surface area is 155 Å². The largest absolute Gasteiger partial charge is 0.352 e. The molecule has 0 bridgehead atoms. The van der Waals surface area contributed by atoms with Crippen LogP contribution in [0.25, 0.3) is 11.3 Å². The first kappa shape index (κ1) is 18.8. The molecule has 0 unspecified atom stereocenters. The van der Waals surface area contributed by atoms with Crippen molar-refractivity contribution >= 4 is 15.8 Å². The number of nitrogens with zero attached hydrogens (tertiary/aromatic N) is 3. The summed E-state index contributed by atoms with van der Waals surface area (Å²) in [5.41, 5.74) is 2.06. The number of rotatable bonds is 5. The van der Waals surface area contributed by atoms with Crippen LogP contribution < -0.4 is 10.0 Å². The summed E-state index contributed by atoms with van der Waals surface area (Å²) in [6, 6.07) is 9.64. The molecule has 6 nitrogen and oxygen atoms in total. The molecule has 1 fully saturated rings. The third-order valence-corrected chi connectivity index (χ3v) is 6.09. The van der Waals surface area contributed by atoms with Gasteiger partial charge in [0.05, 0.1) is 10.6 Å².